The van der Waals surface area contributed by atoms with Gasteiger partial charge in [0.25, 0.3) is 11.8 Å². The van der Waals surface area contributed by atoms with Crippen LogP contribution >= 0.6 is 35.1 Å². The van der Waals surface area contributed by atoms with Gasteiger partial charge in [0.2, 0.25) is 0 Å². The number of nitrogens with two attached hydrogens (primary N) is 1. The van der Waals surface area contributed by atoms with Gasteiger partial charge in [0, 0.05) is 104 Å². The highest BCUT2D eigenvalue weighted by molar-refractivity contribution is 7.08. The molecule has 5 amide bonds. The van der Waals surface area contributed by atoms with Gasteiger partial charge in [-0.05, 0) is 378 Å². The van der Waals surface area contributed by atoms with Crippen molar-refractivity contribution in [2.75, 3.05) is 73.7 Å². The molecule has 9 N–H and O–H groups in total. The summed E-state index contributed by atoms with van der Waals surface area (Å²) >= 11 is 3.11. The standard InChI is InChI=1S/C19H27NO4S.C18H25NO4S.C18H33NO3.C16H29NO3.C14H23NO3.C14H25NO3.ClH/c1-23-17(21)11-24-8-3-2-4-16-13-5-6-14(10-13)18(16)20-19(22)15-7-9-25-12-15;20-16(21)10-23-7-2-1-3-15-12-4-5-13(9-12)17(15)19-18(22)14-6-8-24-11-14;1-5-21-11-7-6-8-15-13-9-10-14(12-13)16(15)19-17(20)22-18(2,3)4;1-16(2,3)20-15(19)17-14-12-8-7-11(10-12)13(14)6-4-5-9-18;1-14(2,3)18-13(17)15-12-10-5-4-9(8-10)11(12)6-7-16;1-17-13(16)9-18-7-3-2-4-12-10-5-6-11(8-10)14(12)15;/h7,9,12-14,16,18H,2-6,8,10-11H2,1H3,(H,20,22);6,8,11-13,15,17H,1-5,7,9-10H2,(H,19,22)(H,20,21);13-16H,5-12H2,1-4H3,(H,19,20);11-14,18H,4-10H2,1-3H3,(H,17,19);7,9-12H,4-6,8H2,1-3H3,(H,15,17);10-12,14H,2-9,15H2,1H3;1H/t13-,14+,16+,18+;12-,13+,15+,17+;13-,14+,15+,16+;11-,12+,13+,14+;9-,10+,11+,12+;10-,11+,12+,14+;/m111111./s1. The SMILES string of the molecule is CC(C)(C)OC(=O)N[C@H]1[C@H]2CC[C@H](C2)[C@@H]1CC=O.CC(C)(C)OC(=O)N[C@H]1[C@H]2CC[C@H](C2)[C@@H]1CCCCO.CCOCCCC[C@H]1[C@@H]2CC[C@@H](C2)[C@@H]1NC(=O)OC(C)(C)C.COC(=O)COCCCC[C@H]1[C@@H]2CC[C@@H](C2)[C@@H]1N.COC(=O)COCCCC[C@H]1[C@@H]2CC[C@@H](C2)[C@@H]1NC(=O)c1ccsc1.Cl.O=C(O)COCCCC[C@H]1[C@@H]2CC[C@@H](C2)[C@@H]1NC(=O)c1ccsc1. The van der Waals surface area contributed by atoms with E-state index in [2.05, 4.69) is 36.1 Å². The lowest BCUT2D eigenvalue weighted by molar-refractivity contribution is -0.146. The van der Waals surface area contributed by atoms with E-state index in [-0.39, 0.29) is 93.0 Å². The van der Waals surface area contributed by atoms with Crippen LogP contribution in [-0.2, 0) is 61.8 Å². The number of carboxylic acids is 1. The maximum absolute atomic E-state index is 12.4. The van der Waals surface area contributed by atoms with Crippen molar-refractivity contribution < 1.29 is 96.0 Å². The van der Waals surface area contributed by atoms with Gasteiger partial charge in [-0.15, -0.1) is 12.4 Å². The van der Waals surface area contributed by atoms with Crippen LogP contribution in [0.4, 0.5) is 14.4 Å². The van der Waals surface area contributed by atoms with Crippen LogP contribution in [0.5, 0.6) is 0 Å². The lowest BCUT2D eigenvalue weighted by atomic mass is 9.81. The second-order valence-corrected chi connectivity index (χ2v) is 43.2. The Morgan fingerprint density at radius 2 is 0.695 bits per heavy atom. The van der Waals surface area contributed by atoms with Gasteiger partial charge in [-0.3, -0.25) is 9.59 Å². The average molecular weight is 1860 g/mol. The highest BCUT2D eigenvalue weighted by atomic mass is 35.5. The maximum Gasteiger partial charge on any atom is 0.407 e. The average Bonchev–Trinajstić information content (AvgIpc) is 1.65. The third kappa shape index (κ3) is 34.3. The Labute approximate surface area is 778 Å². The number of ether oxygens (including phenoxy) is 9. The number of carbonyl (C=O) groups is 9. The van der Waals surface area contributed by atoms with Crippen LogP contribution in [-0.4, -0.2) is 191 Å². The number of alkyl carbamates (subject to hydrolysis) is 3. The summed E-state index contributed by atoms with van der Waals surface area (Å²) in [6.45, 7) is 22.6. The maximum atomic E-state index is 12.4. The molecule has 0 spiro atoms. The van der Waals surface area contributed by atoms with E-state index in [4.69, 9.17) is 49.1 Å². The number of methoxy groups -OCH3 is 2. The molecule has 728 valence electrons. The molecule has 12 fully saturated rings. The molecule has 0 aliphatic heterocycles. The normalized spacial score (nSPS) is 30.5. The second-order valence-electron chi connectivity index (χ2n) is 41.6. The Morgan fingerprint density at radius 3 is 0.992 bits per heavy atom. The molecule has 12 aliphatic rings. The zero-order chi connectivity index (χ0) is 91.8. The van der Waals surface area contributed by atoms with Crippen molar-refractivity contribution in [2.45, 2.75) is 341 Å². The Kier molecular flexibility index (Phi) is 45.4. The van der Waals surface area contributed by atoms with E-state index in [1.165, 1.54) is 143 Å². The van der Waals surface area contributed by atoms with Gasteiger partial charge in [-0.2, -0.15) is 22.7 Å². The Hall–Kier alpha value is -5.72. The molecule has 14 rings (SSSR count). The number of aldehydes is 1. The molecule has 128 heavy (non-hydrogen) atoms. The molecule has 12 aliphatic carbocycles. The molecule has 26 nitrogen and oxygen atoms in total. The fourth-order valence-electron chi connectivity index (χ4n) is 24.3. The minimum Gasteiger partial charge on any atom is -0.480 e. The van der Waals surface area contributed by atoms with Crippen molar-refractivity contribution in [1.29, 1.82) is 0 Å². The van der Waals surface area contributed by atoms with E-state index < -0.39 is 22.8 Å². The van der Waals surface area contributed by atoms with E-state index in [1.54, 1.807) is 22.7 Å². The monoisotopic (exact) mass is 1860 g/mol. The van der Waals surface area contributed by atoms with Crippen LogP contribution in [0.15, 0.2) is 33.7 Å². The number of unbranched alkanes of at least 4 members (excludes halogenated alkanes) is 5. The van der Waals surface area contributed by atoms with E-state index in [1.807, 2.05) is 103 Å². The molecule has 0 radical (unpaired) electrons. The van der Waals surface area contributed by atoms with Crippen LogP contribution in [0.3, 0.4) is 0 Å². The zero-order valence-electron chi connectivity index (χ0n) is 79.3. The van der Waals surface area contributed by atoms with Crippen molar-refractivity contribution in [3.63, 3.8) is 0 Å². The quantitative estimate of drug-likeness (QED) is 0.0133. The largest absolute Gasteiger partial charge is 0.480 e. The van der Waals surface area contributed by atoms with E-state index in [9.17, 15) is 43.2 Å². The molecular formula is C99H163ClN6O20S2. The number of esters is 2. The molecule has 12 saturated carbocycles. The first kappa shape index (κ1) is 108. The molecule has 0 unspecified atom stereocenters. The molecule has 29 heteroatoms. The Morgan fingerprint density at radius 1 is 0.406 bits per heavy atom. The minimum absolute atomic E-state index is 0. The lowest BCUT2D eigenvalue weighted by Crippen LogP contribution is -2.46. The summed E-state index contributed by atoms with van der Waals surface area (Å²) in [6, 6.07) is 5.56. The Bertz CT molecular complexity index is 3630. The summed E-state index contributed by atoms with van der Waals surface area (Å²) in [5.41, 5.74) is 6.49. The first-order valence-electron chi connectivity index (χ1n) is 48.9. The van der Waals surface area contributed by atoms with Gasteiger partial charge in [0.05, 0.1) is 14.2 Å². The summed E-state index contributed by atoms with van der Waals surface area (Å²) in [5, 5.41) is 41.0. The van der Waals surface area contributed by atoms with Crippen molar-refractivity contribution >= 4 is 89.4 Å². The van der Waals surface area contributed by atoms with Crippen LogP contribution in [0.1, 0.15) is 308 Å². The summed E-state index contributed by atoms with van der Waals surface area (Å²) in [6.07, 6.45) is 39.6. The van der Waals surface area contributed by atoms with Gasteiger partial charge in [-0.25, -0.2) is 28.8 Å². The first-order chi connectivity index (χ1) is 60.8. The van der Waals surface area contributed by atoms with Crippen molar-refractivity contribution in [3.8, 4) is 0 Å². The number of halogens is 1. The second kappa shape index (κ2) is 54.0. The summed E-state index contributed by atoms with van der Waals surface area (Å²) < 4.78 is 46.2. The minimum atomic E-state index is -0.917. The number of nitrogens with one attached hydrogen (secondary N) is 5. The number of aliphatic carboxylic acids is 1. The highest BCUT2D eigenvalue weighted by Gasteiger charge is 2.53. The van der Waals surface area contributed by atoms with Crippen LogP contribution < -0.4 is 32.3 Å². The molecule has 2 aromatic heterocycles. The number of hydrogen-bond acceptors (Lipinski definition) is 22. The smallest absolute Gasteiger partial charge is 0.407 e. The van der Waals surface area contributed by atoms with E-state index in [0.717, 1.165) is 156 Å². The molecule has 2 heterocycles. The predicted molar refractivity (Wildman–Crippen MR) is 499 cm³/mol. The Balaban J connectivity index is 0.000000190. The number of amides is 5. The number of hydrogen-bond donors (Lipinski definition) is 8. The molecular weight excluding hydrogens is 1690 g/mol. The molecule has 0 aromatic carbocycles. The molecule has 12 bridgehead atoms. The summed E-state index contributed by atoms with van der Waals surface area (Å²) in [7, 11) is 2.74. The van der Waals surface area contributed by atoms with Crippen molar-refractivity contribution in [2.24, 2.45) is 112 Å². The van der Waals surface area contributed by atoms with Crippen molar-refractivity contribution in [3.05, 3.63) is 44.8 Å². The fraction of sp³-hybridized carbons (Fsp3) is 0.828. The molecule has 2 aromatic rings. The number of carbonyl (C=O) groups excluding carboxylic acids is 8. The number of fused-ring (bicyclic) bond motifs is 12. The summed E-state index contributed by atoms with van der Waals surface area (Å²) in [5.74, 6) is 10.5. The summed E-state index contributed by atoms with van der Waals surface area (Å²) in [4.78, 5) is 104. The van der Waals surface area contributed by atoms with Gasteiger partial charge in [0.15, 0.2) is 0 Å². The van der Waals surface area contributed by atoms with Crippen molar-refractivity contribution in [1.82, 2.24) is 26.6 Å². The van der Waals surface area contributed by atoms with Crippen LogP contribution in [0.25, 0.3) is 0 Å². The van der Waals surface area contributed by atoms with Crippen LogP contribution in [0.2, 0.25) is 0 Å². The van der Waals surface area contributed by atoms with E-state index >= 15 is 0 Å². The number of rotatable bonds is 40. The first-order valence-corrected chi connectivity index (χ1v) is 50.8. The third-order valence-electron chi connectivity index (χ3n) is 29.8. The highest BCUT2D eigenvalue weighted by Crippen LogP contribution is 2.55. The fourth-order valence-corrected chi connectivity index (χ4v) is 25.6. The van der Waals surface area contributed by atoms with E-state index in [0.29, 0.717) is 116 Å². The van der Waals surface area contributed by atoms with Gasteiger partial charge < -0.3 is 90.0 Å². The molecule has 0 saturated heterocycles. The number of aliphatic hydroxyl groups is 1. The van der Waals surface area contributed by atoms with Crippen LogP contribution in [0, 0.1) is 107 Å². The van der Waals surface area contributed by atoms with Gasteiger partial charge >= 0.3 is 36.2 Å². The number of carboxylic acid groups (broad SMARTS) is 1. The topological polar surface area (TPSA) is 363 Å². The number of thiophene rings is 2. The third-order valence-corrected chi connectivity index (χ3v) is 31.1. The lowest BCUT2D eigenvalue weighted by Gasteiger charge is -2.32. The zero-order valence-corrected chi connectivity index (χ0v) is 81.8. The van der Waals surface area contributed by atoms with Gasteiger partial charge in [-0.1, -0.05) is 32.1 Å². The van der Waals surface area contributed by atoms with Gasteiger partial charge in [0.1, 0.15) is 42.9 Å². The predicted octanol–water partition coefficient (Wildman–Crippen LogP) is 18.3. The number of aliphatic hydroxyl groups excluding tert-OH is 1. The molecule has 24 atom stereocenters.